The van der Waals surface area contributed by atoms with Gasteiger partial charge < -0.3 is 10.6 Å². The standard InChI is InChI=1S/C20H27F3N4OS/c1-18(2)13-3-4-19(18,16(28)10-13)12-29-27-7-5-26(6-8-27)17-15(24)9-14(11-25-17)20(21,22)23/h9,11,13H,3-8,10,12,24H2,1-2H3/p+1/t13-,19-/m1/s1. The van der Waals surface area contributed by atoms with E-state index in [9.17, 15) is 18.0 Å². The maximum Gasteiger partial charge on any atom is 0.417 e. The highest BCUT2D eigenvalue weighted by atomic mass is 32.2. The van der Waals surface area contributed by atoms with Crippen LogP contribution in [-0.2, 0) is 22.9 Å². The highest BCUT2D eigenvalue weighted by molar-refractivity contribution is 7.76. The summed E-state index contributed by atoms with van der Waals surface area (Å²) in [7, 11) is 0. The zero-order chi connectivity index (χ0) is 21.0. The number of aromatic nitrogens is 1. The van der Waals surface area contributed by atoms with Gasteiger partial charge in [0.15, 0.2) is 5.82 Å². The van der Waals surface area contributed by atoms with Crippen molar-refractivity contribution in [1.82, 2.24) is 9.29 Å². The molecule has 1 aromatic heterocycles. The number of carbonyl (C=O) groups excluding carboxylic acids is 1. The zero-order valence-corrected chi connectivity index (χ0v) is 17.7. The van der Waals surface area contributed by atoms with E-state index >= 15 is 0 Å². The van der Waals surface area contributed by atoms with Crippen LogP contribution in [0, 0.1) is 16.7 Å². The molecule has 160 valence electrons. The van der Waals surface area contributed by atoms with Crippen LogP contribution in [0.4, 0.5) is 24.7 Å². The molecule has 2 atom stereocenters. The summed E-state index contributed by atoms with van der Waals surface area (Å²) < 4.78 is 40.8. The average molecular weight is 430 g/mol. The highest BCUT2D eigenvalue weighted by Crippen LogP contribution is 2.63. The molecular weight excluding hydrogens is 401 g/mol. The first-order valence-corrected chi connectivity index (χ1v) is 11.1. The number of nitrogen functional groups attached to an aromatic ring is 1. The summed E-state index contributed by atoms with van der Waals surface area (Å²) in [5.41, 5.74) is 4.98. The molecule has 4 rings (SSSR count). The Bertz CT molecular complexity index is 807. The van der Waals surface area contributed by atoms with Crippen LogP contribution in [0.25, 0.3) is 0 Å². The third-order valence-corrected chi connectivity index (χ3v) is 8.94. The number of nitrogens with two attached hydrogens (primary N) is 1. The fraction of sp³-hybridized carbons (Fsp3) is 0.700. The number of anilines is 2. The summed E-state index contributed by atoms with van der Waals surface area (Å²) in [5.74, 6) is 2.25. The Hall–Kier alpha value is -1.48. The molecule has 2 aliphatic carbocycles. The SMILES string of the molecule is CC1(C)[C@@H]2CC[C@@]1(C[SH+]N1CCN(c3ncc(C(F)(F)F)cc3N)CC1)C(=O)C2. The zero-order valence-electron chi connectivity index (χ0n) is 16.8. The van der Waals surface area contributed by atoms with Crippen molar-refractivity contribution in [1.29, 1.82) is 0 Å². The van der Waals surface area contributed by atoms with Crippen molar-refractivity contribution in [2.75, 3.05) is 42.6 Å². The summed E-state index contributed by atoms with van der Waals surface area (Å²) >= 11 is 1.17. The number of alkyl halides is 3. The number of carbonyl (C=O) groups is 1. The van der Waals surface area contributed by atoms with Crippen LogP contribution in [0.1, 0.15) is 38.7 Å². The average Bonchev–Trinajstić information content (AvgIpc) is 3.01. The van der Waals surface area contributed by atoms with E-state index in [0.717, 1.165) is 50.4 Å². The topological polar surface area (TPSA) is 62.5 Å². The predicted molar refractivity (Wildman–Crippen MR) is 110 cm³/mol. The van der Waals surface area contributed by atoms with E-state index in [0.29, 0.717) is 30.6 Å². The van der Waals surface area contributed by atoms with Crippen LogP contribution in [0.3, 0.4) is 0 Å². The van der Waals surface area contributed by atoms with Gasteiger partial charge in [0.05, 0.1) is 41.7 Å². The molecule has 0 amide bonds. The molecular formula is C20H28F3N4OS+. The third-order valence-electron chi connectivity index (χ3n) is 7.46. The summed E-state index contributed by atoms with van der Waals surface area (Å²) in [4.78, 5) is 18.6. The molecule has 2 heterocycles. The lowest BCUT2D eigenvalue weighted by Crippen LogP contribution is -2.49. The van der Waals surface area contributed by atoms with Gasteiger partial charge in [-0.1, -0.05) is 13.8 Å². The number of piperazine rings is 1. The fourth-order valence-electron chi connectivity index (χ4n) is 5.30. The van der Waals surface area contributed by atoms with Gasteiger partial charge in [-0.05, 0) is 30.2 Å². The van der Waals surface area contributed by atoms with Crippen LogP contribution in [0.5, 0.6) is 0 Å². The second kappa shape index (κ2) is 7.04. The number of nitrogens with zero attached hydrogens (tertiary/aromatic N) is 3. The maximum absolute atomic E-state index is 12.8. The molecule has 0 unspecified atom stereocenters. The van der Waals surface area contributed by atoms with E-state index in [1.54, 1.807) is 0 Å². The molecule has 1 saturated heterocycles. The third kappa shape index (κ3) is 3.40. The van der Waals surface area contributed by atoms with E-state index < -0.39 is 11.7 Å². The van der Waals surface area contributed by atoms with Gasteiger partial charge in [0.1, 0.15) is 11.5 Å². The van der Waals surface area contributed by atoms with E-state index in [1.165, 1.54) is 11.9 Å². The molecule has 29 heavy (non-hydrogen) atoms. The Kier molecular flexibility index (Phi) is 5.05. The molecule has 9 heteroatoms. The number of rotatable bonds is 4. The minimum atomic E-state index is -4.44. The highest BCUT2D eigenvalue weighted by Gasteiger charge is 2.65. The van der Waals surface area contributed by atoms with Gasteiger partial charge in [0.25, 0.3) is 0 Å². The van der Waals surface area contributed by atoms with Gasteiger partial charge in [-0.15, -0.1) is 4.31 Å². The number of thiol groups is 1. The van der Waals surface area contributed by atoms with Crippen molar-refractivity contribution in [3.8, 4) is 0 Å². The van der Waals surface area contributed by atoms with Gasteiger partial charge in [-0.3, -0.25) is 4.79 Å². The minimum Gasteiger partial charge on any atom is -0.396 e. The molecule has 0 radical (unpaired) electrons. The number of pyridine rings is 1. The molecule has 2 N–H and O–H groups in total. The molecule has 3 aliphatic rings. The first kappa shape index (κ1) is 20.8. The number of hydrogen-bond donors (Lipinski definition) is 1. The minimum absolute atomic E-state index is 0.0556. The molecule has 1 aliphatic heterocycles. The smallest absolute Gasteiger partial charge is 0.396 e. The van der Waals surface area contributed by atoms with E-state index in [-0.39, 0.29) is 16.5 Å². The summed E-state index contributed by atoms with van der Waals surface area (Å²) in [5, 5.41) is 0. The van der Waals surface area contributed by atoms with E-state index in [4.69, 9.17) is 5.73 Å². The van der Waals surface area contributed by atoms with Crippen molar-refractivity contribution in [3.63, 3.8) is 0 Å². The molecule has 5 nitrogen and oxygen atoms in total. The number of hydrogen-bond acceptors (Lipinski definition) is 5. The van der Waals surface area contributed by atoms with Gasteiger partial charge >= 0.3 is 6.18 Å². The monoisotopic (exact) mass is 429 g/mol. The quantitative estimate of drug-likeness (QED) is 0.589. The summed E-state index contributed by atoms with van der Waals surface area (Å²) in [6.45, 7) is 7.37. The lowest BCUT2D eigenvalue weighted by Gasteiger charge is -2.36. The summed E-state index contributed by atoms with van der Waals surface area (Å²) in [6.07, 6.45) is -0.709. The fourth-order valence-corrected chi connectivity index (χ4v) is 6.95. The maximum atomic E-state index is 12.8. The molecule has 2 saturated carbocycles. The number of Topliss-reactive ketones (excluding diaryl/α,β-unsaturated/α-hetero) is 1. The first-order valence-electron chi connectivity index (χ1n) is 10.1. The second-order valence-electron chi connectivity index (χ2n) is 9.04. The molecule has 1 aromatic rings. The normalized spacial score (nSPS) is 29.6. The Labute approximate surface area is 173 Å². The lowest BCUT2D eigenvalue weighted by atomic mass is 9.70. The largest absolute Gasteiger partial charge is 0.417 e. The van der Waals surface area contributed by atoms with Crippen molar-refractivity contribution in [2.45, 2.75) is 39.3 Å². The Morgan fingerprint density at radius 2 is 1.97 bits per heavy atom. The van der Waals surface area contributed by atoms with E-state index in [2.05, 4.69) is 23.1 Å². The van der Waals surface area contributed by atoms with Crippen LogP contribution < -0.4 is 10.6 Å². The van der Waals surface area contributed by atoms with Crippen LogP contribution in [0.2, 0.25) is 0 Å². The number of ketones is 1. The Morgan fingerprint density at radius 3 is 2.48 bits per heavy atom. The van der Waals surface area contributed by atoms with Gasteiger partial charge in [0.2, 0.25) is 0 Å². The van der Waals surface area contributed by atoms with Crippen molar-refractivity contribution >= 4 is 29.2 Å². The Morgan fingerprint density at radius 1 is 1.28 bits per heavy atom. The Balaban J connectivity index is 1.35. The van der Waals surface area contributed by atoms with Gasteiger partial charge in [-0.25, -0.2) is 4.98 Å². The molecule has 0 aromatic carbocycles. The van der Waals surface area contributed by atoms with Crippen molar-refractivity contribution < 1.29 is 18.0 Å². The molecule has 2 bridgehead atoms. The number of halogens is 3. The van der Waals surface area contributed by atoms with Crippen molar-refractivity contribution in [2.24, 2.45) is 16.7 Å². The van der Waals surface area contributed by atoms with Crippen molar-refractivity contribution in [3.05, 3.63) is 17.8 Å². The van der Waals surface area contributed by atoms with Gasteiger partial charge in [-0.2, -0.15) is 13.2 Å². The lowest BCUT2D eigenvalue weighted by molar-refractivity contribution is -0.137. The number of fused-ring (bicyclic) bond motifs is 2. The molecule has 3 fully saturated rings. The van der Waals surface area contributed by atoms with Crippen LogP contribution in [-0.4, -0.2) is 47.0 Å². The van der Waals surface area contributed by atoms with Crippen LogP contribution in [0.15, 0.2) is 12.3 Å². The predicted octanol–water partition coefficient (Wildman–Crippen LogP) is 2.93. The molecule has 0 spiro atoms. The van der Waals surface area contributed by atoms with E-state index in [1.807, 2.05) is 4.90 Å². The summed E-state index contributed by atoms with van der Waals surface area (Å²) in [6, 6.07) is 0.955. The van der Waals surface area contributed by atoms with Gasteiger partial charge in [0, 0.05) is 25.7 Å². The second-order valence-corrected chi connectivity index (χ2v) is 10.2. The van der Waals surface area contributed by atoms with Crippen LogP contribution >= 0.6 is 0 Å². The first-order chi connectivity index (χ1) is 13.5.